The number of imide groups is 1. The van der Waals surface area contributed by atoms with Gasteiger partial charge in [-0.05, 0) is 71.2 Å². The molecule has 35 heavy (non-hydrogen) atoms. The molecule has 1 atom stereocenters. The monoisotopic (exact) mass is 554 g/mol. The zero-order chi connectivity index (χ0) is 25.3. The maximum atomic E-state index is 13.0. The summed E-state index contributed by atoms with van der Waals surface area (Å²) in [5.74, 6) is -2.25. The highest BCUT2D eigenvalue weighted by Gasteiger charge is 2.39. The topological polar surface area (TPSA) is 92.8 Å². The van der Waals surface area contributed by atoms with Crippen LogP contribution in [0.15, 0.2) is 65.1 Å². The van der Waals surface area contributed by atoms with Crippen molar-refractivity contribution in [3.8, 4) is 0 Å². The summed E-state index contributed by atoms with van der Waals surface area (Å²) in [4.78, 5) is 51.9. The fourth-order valence-corrected chi connectivity index (χ4v) is 4.42. The molecule has 1 aliphatic rings. The van der Waals surface area contributed by atoms with Gasteiger partial charge in [-0.15, -0.1) is 0 Å². The van der Waals surface area contributed by atoms with Gasteiger partial charge in [-0.1, -0.05) is 41.9 Å². The van der Waals surface area contributed by atoms with Crippen LogP contribution in [0.25, 0.3) is 0 Å². The lowest BCUT2D eigenvalue weighted by atomic mass is 10.1. The van der Waals surface area contributed by atoms with Crippen molar-refractivity contribution in [1.29, 1.82) is 0 Å². The third kappa shape index (κ3) is 4.99. The van der Waals surface area contributed by atoms with E-state index in [4.69, 9.17) is 16.3 Å². The molecule has 4 rings (SSSR count). The Morgan fingerprint density at radius 3 is 2.43 bits per heavy atom. The Morgan fingerprint density at radius 2 is 1.71 bits per heavy atom. The molecular formula is C26H20BrClN2O5. The summed E-state index contributed by atoms with van der Waals surface area (Å²) in [6.45, 7) is 3.03. The van der Waals surface area contributed by atoms with Crippen LogP contribution in [0.3, 0.4) is 0 Å². The van der Waals surface area contributed by atoms with Gasteiger partial charge in [-0.25, -0.2) is 4.79 Å². The van der Waals surface area contributed by atoms with Gasteiger partial charge in [-0.3, -0.25) is 19.3 Å². The first-order valence-electron chi connectivity index (χ1n) is 10.7. The lowest BCUT2D eigenvalue weighted by Crippen LogP contribution is -2.32. The van der Waals surface area contributed by atoms with Crippen LogP contribution in [0.5, 0.6) is 0 Å². The molecule has 0 aliphatic carbocycles. The van der Waals surface area contributed by atoms with E-state index in [-0.39, 0.29) is 16.7 Å². The highest BCUT2D eigenvalue weighted by molar-refractivity contribution is 9.10. The highest BCUT2D eigenvalue weighted by Crippen LogP contribution is 2.32. The van der Waals surface area contributed by atoms with Crippen molar-refractivity contribution in [3.05, 3.63) is 98.0 Å². The number of ether oxygens (including phenoxy) is 1. The van der Waals surface area contributed by atoms with Gasteiger partial charge in [0.2, 0.25) is 0 Å². The molecule has 9 heteroatoms. The van der Waals surface area contributed by atoms with Crippen LogP contribution in [-0.4, -0.2) is 35.2 Å². The van der Waals surface area contributed by atoms with E-state index in [0.717, 1.165) is 11.1 Å². The zero-order valence-corrected chi connectivity index (χ0v) is 21.1. The fraction of sp³-hybridized carbons (Fsp3) is 0.154. The SMILES string of the molecule is Cc1cc(Br)c(Cl)cc1NC(=O)COC(=O)c1ccc2c(c1)C(=O)N([C@@H](C)c1ccccc1)C2=O. The van der Waals surface area contributed by atoms with Gasteiger partial charge in [0.25, 0.3) is 17.7 Å². The fourth-order valence-electron chi connectivity index (χ4n) is 3.80. The number of halogens is 2. The number of benzene rings is 3. The minimum absolute atomic E-state index is 0.0646. The molecule has 0 saturated carbocycles. The summed E-state index contributed by atoms with van der Waals surface area (Å²) >= 11 is 9.38. The number of nitrogens with one attached hydrogen (secondary N) is 1. The van der Waals surface area contributed by atoms with Crippen molar-refractivity contribution in [2.75, 3.05) is 11.9 Å². The Hall–Kier alpha value is -3.49. The average Bonchev–Trinajstić information content (AvgIpc) is 3.10. The summed E-state index contributed by atoms with van der Waals surface area (Å²) < 4.78 is 5.82. The number of aryl methyl sites for hydroxylation is 1. The largest absolute Gasteiger partial charge is 0.452 e. The summed E-state index contributed by atoms with van der Waals surface area (Å²) in [5, 5.41) is 3.07. The van der Waals surface area contributed by atoms with Crippen molar-refractivity contribution >= 4 is 56.9 Å². The number of nitrogens with zero attached hydrogens (tertiary/aromatic N) is 1. The Morgan fingerprint density at radius 1 is 1.03 bits per heavy atom. The Bertz CT molecular complexity index is 1360. The van der Waals surface area contributed by atoms with E-state index in [1.165, 1.54) is 23.1 Å². The molecule has 178 valence electrons. The second kappa shape index (κ2) is 10.0. The standard InChI is InChI=1S/C26H20BrClN2O5/c1-14-10-20(27)21(28)12-22(14)29-23(31)13-35-26(34)17-8-9-18-19(11-17)25(33)30(24(18)32)15(2)16-6-4-3-5-7-16/h3-12,15H,13H2,1-2H3,(H,29,31)/t15-/m0/s1. The summed E-state index contributed by atoms with van der Waals surface area (Å²) in [7, 11) is 0. The van der Waals surface area contributed by atoms with Gasteiger partial charge in [0.05, 0.1) is 27.8 Å². The zero-order valence-electron chi connectivity index (χ0n) is 18.8. The number of hydrogen-bond acceptors (Lipinski definition) is 5. The molecule has 1 aliphatic heterocycles. The van der Waals surface area contributed by atoms with Gasteiger partial charge in [0, 0.05) is 10.2 Å². The predicted molar refractivity (Wildman–Crippen MR) is 135 cm³/mol. The molecule has 0 unspecified atom stereocenters. The minimum Gasteiger partial charge on any atom is -0.452 e. The maximum Gasteiger partial charge on any atom is 0.338 e. The van der Waals surface area contributed by atoms with Gasteiger partial charge in [-0.2, -0.15) is 0 Å². The van der Waals surface area contributed by atoms with Crippen LogP contribution in [-0.2, 0) is 9.53 Å². The molecule has 3 amide bonds. The second-order valence-corrected chi connectivity index (χ2v) is 9.29. The highest BCUT2D eigenvalue weighted by atomic mass is 79.9. The molecule has 3 aromatic carbocycles. The lowest BCUT2D eigenvalue weighted by molar-refractivity contribution is -0.119. The van der Waals surface area contributed by atoms with Crippen LogP contribution in [0.1, 0.15) is 55.2 Å². The molecule has 0 fully saturated rings. The molecule has 0 bridgehead atoms. The number of rotatable bonds is 6. The van der Waals surface area contributed by atoms with Crippen LogP contribution < -0.4 is 5.32 Å². The number of esters is 1. The average molecular weight is 556 g/mol. The number of fused-ring (bicyclic) bond motifs is 1. The quantitative estimate of drug-likeness (QED) is 0.317. The van der Waals surface area contributed by atoms with E-state index in [0.29, 0.717) is 15.2 Å². The van der Waals surface area contributed by atoms with Crippen LogP contribution in [0.4, 0.5) is 5.69 Å². The summed E-state index contributed by atoms with van der Waals surface area (Å²) in [6, 6.07) is 16.2. The van der Waals surface area contributed by atoms with Crippen molar-refractivity contribution in [2.45, 2.75) is 19.9 Å². The maximum absolute atomic E-state index is 13.0. The lowest BCUT2D eigenvalue weighted by Gasteiger charge is -2.22. The van der Waals surface area contributed by atoms with E-state index in [9.17, 15) is 19.2 Å². The Labute approximate surface area is 215 Å². The smallest absolute Gasteiger partial charge is 0.338 e. The Balaban J connectivity index is 1.44. The summed E-state index contributed by atoms with van der Waals surface area (Å²) in [5.41, 5.74) is 2.49. The molecule has 0 spiro atoms. The van der Waals surface area contributed by atoms with Crippen LogP contribution in [0.2, 0.25) is 5.02 Å². The van der Waals surface area contributed by atoms with Crippen molar-refractivity contribution in [1.82, 2.24) is 4.90 Å². The molecule has 0 radical (unpaired) electrons. The predicted octanol–water partition coefficient (Wildman–Crippen LogP) is 5.56. The van der Waals surface area contributed by atoms with Gasteiger partial charge in [0.15, 0.2) is 6.61 Å². The molecule has 0 saturated heterocycles. The number of carbonyl (C=O) groups excluding carboxylic acids is 4. The van der Waals surface area contributed by atoms with Crippen molar-refractivity contribution in [3.63, 3.8) is 0 Å². The molecule has 7 nitrogen and oxygen atoms in total. The van der Waals surface area contributed by atoms with Crippen LogP contribution >= 0.6 is 27.5 Å². The van der Waals surface area contributed by atoms with E-state index >= 15 is 0 Å². The third-order valence-corrected chi connectivity index (χ3v) is 6.90. The van der Waals surface area contributed by atoms with Crippen LogP contribution in [0, 0.1) is 6.92 Å². The molecular weight excluding hydrogens is 536 g/mol. The molecule has 1 heterocycles. The van der Waals surface area contributed by atoms with E-state index in [1.807, 2.05) is 30.3 Å². The normalized spacial score (nSPS) is 13.4. The van der Waals surface area contributed by atoms with Crippen molar-refractivity contribution < 1.29 is 23.9 Å². The number of hydrogen-bond donors (Lipinski definition) is 1. The second-order valence-electron chi connectivity index (χ2n) is 8.03. The summed E-state index contributed by atoms with van der Waals surface area (Å²) in [6.07, 6.45) is 0. The van der Waals surface area contributed by atoms with Crippen molar-refractivity contribution in [2.24, 2.45) is 0 Å². The minimum atomic E-state index is -0.789. The molecule has 3 aromatic rings. The molecule has 0 aromatic heterocycles. The first-order chi connectivity index (χ1) is 16.7. The molecule has 1 N–H and O–H groups in total. The first-order valence-corrected chi connectivity index (χ1v) is 11.8. The van der Waals surface area contributed by atoms with Gasteiger partial charge in [0.1, 0.15) is 0 Å². The number of carbonyl (C=O) groups is 4. The van der Waals surface area contributed by atoms with Gasteiger partial charge >= 0.3 is 5.97 Å². The number of anilines is 1. The van der Waals surface area contributed by atoms with E-state index in [1.54, 1.807) is 26.0 Å². The third-order valence-electron chi connectivity index (χ3n) is 5.70. The first kappa shape index (κ1) is 24.6. The van der Waals surface area contributed by atoms with E-state index < -0.39 is 36.3 Å². The Kier molecular flexibility index (Phi) is 7.05. The van der Waals surface area contributed by atoms with E-state index in [2.05, 4.69) is 21.2 Å². The number of amides is 3. The van der Waals surface area contributed by atoms with Gasteiger partial charge < -0.3 is 10.1 Å².